The Bertz CT molecular complexity index is 80.1. The van der Waals surface area contributed by atoms with Crippen molar-refractivity contribution in [1.29, 1.82) is 0 Å². The van der Waals surface area contributed by atoms with Crippen LogP contribution in [0.5, 0.6) is 0 Å². The highest BCUT2D eigenvalue weighted by Crippen LogP contribution is 2.39. The molecular weight excluding hydrogens is 90.1 g/mol. The van der Waals surface area contributed by atoms with Gasteiger partial charge in [0.05, 0.1) is 6.61 Å². The van der Waals surface area contributed by atoms with Gasteiger partial charge in [-0.15, -0.1) is 0 Å². The molecule has 0 bridgehead atoms. The van der Waals surface area contributed by atoms with Crippen LogP contribution in [-0.4, -0.2) is 17.3 Å². The zero-order valence-corrected chi connectivity index (χ0v) is 4.52. The van der Waals surface area contributed by atoms with Crippen LogP contribution in [0, 0.1) is 5.92 Å². The van der Waals surface area contributed by atoms with Gasteiger partial charge in [0, 0.05) is 5.54 Å². The molecule has 0 aromatic heterocycles. The molecule has 3 N–H and O–H groups in total. The summed E-state index contributed by atoms with van der Waals surface area (Å²) in [7, 11) is 0. The normalized spacial score (nSPS) is 49.3. The lowest BCUT2D eigenvalue weighted by molar-refractivity contribution is 0.249. The number of nitrogens with two attached hydrogens (primary N) is 1. The molecule has 1 fully saturated rings. The number of aliphatic hydroxyl groups excluding tert-OH is 1. The Balaban J connectivity index is 2.36. The number of aliphatic hydroxyl groups is 1. The summed E-state index contributed by atoms with van der Waals surface area (Å²) in [5.74, 6) is 0.539. The van der Waals surface area contributed by atoms with E-state index in [0.29, 0.717) is 5.92 Å². The molecule has 1 saturated carbocycles. The van der Waals surface area contributed by atoms with E-state index >= 15 is 0 Å². The summed E-state index contributed by atoms with van der Waals surface area (Å²) >= 11 is 0. The number of hydrogen-bond donors (Lipinski definition) is 2. The minimum absolute atomic E-state index is 0.147. The third-order valence-corrected chi connectivity index (χ3v) is 1.80. The van der Waals surface area contributed by atoms with Crippen LogP contribution in [0.2, 0.25) is 0 Å². The topological polar surface area (TPSA) is 46.2 Å². The second kappa shape index (κ2) is 1.20. The fraction of sp³-hybridized carbons (Fsp3) is 1.00. The molecule has 2 heteroatoms. The highest BCUT2D eigenvalue weighted by atomic mass is 16.3. The van der Waals surface area contributed by atoms with Gasteiger partial charge in [-0.2, -0.15) is 0 Å². The van der Waals surface area contributed by atoms with Gasteiger partial charge in [-0.1, -0.05) is 6.92 Å². The van der Waals surface area contributed by atoms with E-state index in [0.717, 1.165) is 6.42 Å². The van der Waals surface area contributed by atoms with Crippen LogP contribution in [-0.2, 0) is 0 Å². The fourth-order valence-electron chi connectivity index (χ4n) is 0.732. The monoisotopic (exact) mass is 101 g/mol. The third-order valence-electron chi connectivity index (χ3n) is 1.80. The number of rotatable bonds is 1. The summed E-state index contributed by atoms with van der Waals surface area (Å²) in [6.45, 7) is 2.20. The Kier molecular flexibility index (Phi) is 0.869. The van der Waals surface area contributed by atoms with Gasteiger partial charge >= 0.3 is 0 Å². The van der Waals surface area contributed by atoms with Gasteiger partial charge in [-0.05, 0) is 12.3 Å². The van der Waals surface area contributed by atoms with Gasteiger partial charge in [0.1, 0.15) is 0 Å². The zero-order chi connectivity index (χ0) is 5.49. The molecule has 42 valence electrons. The van der Waals surface area contributed by atoms with E-state index in [2.05, 4.69) is 6.92 Å². The Morgan fingerprint density at radius 3 is 2.43 bits per heavy atom. The molecule has 0 saturated heterocycles. The summed E-state index contributed by atoms with van der Waals surface area (Å²) < 4.78 is 0. The maximum Gasteiger partial charge on any atom is 0.0613 e. The van der Waals surface area contributed by atoms with Crippen LogP contribution in [0.15, 0.2) is 0 Å². The first-order valence-electron chi connectivity index (χ1n) is 2.59. The summed E-state index contributed by atoms with van der Waals surface area (Å²) in [5, 5.41) is 8.51. The Labute approximate surface area is 43.3 Å². The first-order chi connectivity index (χ1) is 3.19. The highest BCUT2D eigenvalue weighted by Gasteiger charge is 2.46. The molecule has 0 aromatic rings. The molecule has 1 unspecified atom stereocenters. The van der Waals surface area contributed by atoms with E-state index in [4.69, 9.17) is 10.8 Å². The maximum atomic E-state index is 8.51. The van der Waals surface area contributed by atoms with E-state index in [9.17, 15) is 0 Å². The first-order valence-corrected chi connectivity index (χ1v) is 2.59. The summed E-state index contributed by atoms with van der Waals surface area (Å²) in [4.78, 5) is 0. The molecule has 1 aliphatic rings. The van der Waals surface area contributed by atoms with Crippen molar-refractivity contribution in [2.24, 2.45) is 11.7 Å². The molecule has 7 heavy (non-hydrogen) atoms. The maximum absolute atomic E-state index is 8.51. The van der Waals surface area contributed by atoms with Gasteiger partial charge in [-0.3, -0.25) is 0 Å². The van der Waals surface area contributed by atoms with Crippen molar-refractivity contribution in [3.63, 3.8) is 0 Å². The predicted octanol–water partition coefficient (Wildman–Crippen LogP) is -0.284. The molecule has 0 amide bonds. The average molecular weight is 101 g/mol. The summed E-state index contributed by atoms with van der Waals surface area (Å²) in [6.07, 6.45) is 0.990. The number of hydrogen-bond acceptors (Lipinski definition) is 2. The van der Waals surface area contributed by atoms with Crippen LogP contribution >= 0.6 is 0 Å². The molecule has 0 radical (unpaired) electrons. The first kappa shape index (κ1) is 5.06. The van der Waals surface area contributed by atoms with E-state index in [1.54, 1.807) is 0 Å². The minimum Gasteiger partial charge on any atom is -0.394 e. The molecule has 2 nitrogen and oxygen atoms in total. The highest BCUT2D eigenvalue weighted by molar-refractivity contribution is 5.04. The van der Waals surface area contributed by atoms with Crippen molar-refractivity contribution in [1.82, 2.24) is 0 Å². The van der Waals surface area contributed by atoms with Crippen molar-refractivity contribution >= 4 is 0 Å². The van der Waals surface area contributed by atoms with Crippen LogP contribution < -0.4 is 5.73 Å². The molecule has 0 aliphatic heterocycles. The largest absolute Gasteiger partial charge is 0.394 e. The van der Waals surface area contributed by atoms with Crippen LogP contribution in [0.1, 0.15) is 13.3 Å². The molecule has 1 rings (SSSR count). The SMILES string of the molecule is CC1C[C@]1(N)CO. The van der Waals surface area contributed by atoms with Crippen molar-refractivity contribution in [3.05, 3.63) is 0 Å². The Hall–Kier alpha value is -0.0800. The molecule has 0 heterocycles. The zero-order valence-electron chi connectivity index (χ0n) is 4.52. The van der Waals surface area contributed by atoms with E-state index in [1.165, 1.54) is 0 Å². The summed E-state index contributed by atoms with van der Waals surface area (Å²) in [5.41, 5.74) is 5.34. The predicted molar refractivity (Wildman–Crippen MR) is 27.8 cm³/mol. The Morgan fingerprint density at radius 1 is 2.00 bits per heavy atom. The van der Waals surface area contributed by atoms with E-state index in [-0.39, 0.29) is 12.1 Å². The molecule has 0 aromatic carbocycles. The van der Waals surface area contributed by atoms with Crippen molar-refractivity contribution in [2.45, 2.75) is 18.9 Å². The van der Waals surface area contributed by atoms with Gasteiger partial charge in [0.2, 0.25) is 0 Å². The fourth-order valence-corrected chi connectivity index (χ4v) is 0.732. The van der Waals surface area contributed by atoms with Crippen LogP contribution in [0.3, 0.4) is 0 Å². The smallest absolute Gasteiger partial charge is 0.0613 e. The van der Waals surface area contributed by atoms with Gasteiger partial charge in [0.25, 0.3) is 0 Å². The van der Waals surface area contributed by atoms with Gasteiger partial charge < -0.3 is 10.8 Å². The molecular formula is C5H11NO. The van der Waals surface area contributed by atoms with Gasteiger partial charge in [-0.25, -0.2) is 0 Å². The van der Waals surface area contributed by atoms with Crippen molar-refractivity contribution in [3.8, 4) is 0 Å². The lowest BCUT2D eigenvalue weighted by Crippen LogP contribution is -2.28. The third kappa shape index (κ3) is 0.640. The van der Waals surface area contributed by atoms with Gasteiger partial charge in [0.15, 0.2) is 0 Å². The minimum atomic E-state index is -0.194. The summed E-state index contributed by atoms with van der Waals surface area (Å²) in [6, 6.07) is 0. The lowest BCUT2D eigenvalue weighted by atomic mass is 10.3. The lowest BCUT2D eigenvalue weighted by Gasteiger charge is -2.00. The average Bonchev–Trinajstić information content (AvgIpc) is 2.18. The standard InChI is InChI=1S/C5H11NO/c1-4-2-5(4,6)3-7/h4,7H,2-3,6H2,1H3/t4?,5-/m0/s1. The Morgan fingerprint density at radius 2 is 2.43 bits per heavy atom. The van der Waals surface area contributed by atoms with Crippen molar-refractivity contribution < 1.29 is 5.11 Å². The van der Waals surface area contributed by atoms with E-state index in [1.807, 2.05) is 0 Å². The molecule has 1 aliphatic carbocycles. The second-order valence-electron chi connectivity index (χ2n) is 2.50. The van der Waals surface area contributed by atoms with E-state index < -0.39 is 0 Å². The quantitative estimate of drug-likeness (QED) is 0.477. The molecule has 2 atom stereocenters. The van der Waals surface area contributed by atoms with Crippen molar-refractivity contribution in [2.75, 3.05) is 6.61 Å². The van der Waals surface area contributed by atoms with Crippen LogP contribution in [0.4, 0.5) is 0 Å². The molecule has 0 spiro atoms. The second-order valence-corrected chi connectivity index (χ2v) is 2.50. The van der Waals surface area contributed by atoms with Crippen LogP contribution in [0.25, 0.3) is 0 Å².